The Hall–Kier alpha value is -0.590. The molecular weight excluding hydrogens is 328 g/mol. The van der Waals surface area contributed by atoms with Crippen molar-refractivity contribution >= 4 is 33.3 Å². The first-order valence-electron chi connectivity index (χ1n) is 6.52. The molecule has 1 rings (SSSR count). The van der Waals surface area contributed by atoms with Crippen LogP contribution in [0.3, 0.4) is 0 Å². The Morgan fingerprint density at radius 1 is 1.42 bits per heavy atom. The van der Waals surface area contributed by atoms with Crippen molar-refractivity contribution in [3.05, 3.63) is 20.8 Å². The first kappa shape index (κ1) is 16.5. The van der Waals surface area contributed by atoms with Crippen LogP contribution < -0.4 is 10.6 Å². The average Bonchev–Trinajstić information content (AvgIpc) is 2.80. The number of carbonyl (C=O) groups is 1. The van der Waals surface area contributed by atoms with E-state index in [0.29, 0.717) is 19.0 Å². The van der Waals surface area contributed by atoms with E-state index in [4.69, 9.17) is 5.11 Å². The lowest BCUT2D eigenvalue weighted by atomic mass is 10.0. The lowest BCUT2D eigenvalue weighted by molar-refractivity contribution is 0.229. The van der Waals surface area contributed by atoms with Gasteiger partial charge >= 0.3 is 6.03 Å². The molecule has 1 unspecified atom stereocenters. The lowest BCUT2D eigenvalue weighted by Crippen LogP contribution is -2.37. The van der Waals surface area contributed by atoms with Crippen LogP contribution in [0.15, 0.2) is 15.9 Å². The highest BCUT2D eigenvalue weighted by Crippen LogP contribution is 2.21. The molecule has 4 nitrogen and oxygen atoms in total. The summed E-state index contributed by atoms with van der Waals surface area (Å²) in [4.78, 5) is 12.8. The molecule has 19 heavy (non-hydrogen) atoms. The molecule has 1 atom stereocenters. The standard InChI is InChI=1S/C13H21BrN2O2S/c1-2-3-10(6-7-17)8-15-13(18)16-9-11-4-5-12(14)19-11/h4-5,10,17H,2-3,6-9H2,1H3,(H2,15,16,18). The fourth-order valence-corrected chi connectivity index (χ4v) is 3.28. The topological polar surface area (TPSA) is 61.4 Å². The largest absolute Gasteiger partial charge is 0.396 e. The molecule has 0 spiro atoms. The van der Waals surface area contributed by atoms with Crippen molar-refractivity contribution in [1.29, 1.82) is 0 Å². The Balaban J connectivity index is 2.22. The van der Waals surface area contributed by atoms with Crippen LogP contribution >= 0.6 is 27.3 Å². The summed E-state index contributed by atoms with van der Waals surface area (Å²) in [5, 5.41) is 14.6. The molecule has 108 valence electrons. The summed E-state index contributed by atoms with van der Waals surface area (Å²) in [7, 11) is 0. The van der Waals surface area contributed by atoms with Gasteiger partial charge in [-0.25, -0.2) is 4.79 Å². The van der Waals surface area contributed by atoms with Gasteiger partial charge in [-0.3, -0.25) is 0 Å². The normalized spacial score (nSPS) is 12.2. The molecule has 2 amide bonds. The van der Waals surface area contributed by atoms with Gasteiger partial charge in [0.15, 0.2) is 0 Å². The van der Waals surface area contributed by atoms with Crippen molar-refractivity contribution in [3.63, 3.8) is 0 Å². The summed E-state index contributed by atoms with van der Waals surface area (Å²) in [6, 6.07) is 3.81. The zero-order chi connectivity index (χ0) is 14.1. The van der Waals surface area contributed by atoms with Gasteiger partial charge in [-0.1, -0.05) is 13.3 Å². The van der Waals surface area contributed by atoms with Gasteiger partial charge in [0.2, 0.25) is 0 Å². The maximum Gasteiger partial charge on any atom is 0.315 e. The highest BCUT2D eigenvalue weighted by molar-refractivity contribution is 9.11. The van der Waals surface area contributed by atoms with Gasteiger partial charge in [0.05, 0.1) is 10.3 Å². The molecule has 0 aliphatic rings. The maximum absolute atomic E-state index is 11.6. The minimum Gasteiger partial charge on any atom is -0.396 e. The minimum atomic E-state index is -0.149. The van der Waals surface area contributed by atoms with Gasteiger partial charge in [0.25, 0.3) is 0 Å². The highest BCUT2D eigenvalue weighted by atomic mass is 79.9. The van der Waals surface area contributed by atoms with E-state index in [0.717, 1.165) is 27.9 Å². The highest BCUT2D eigenvalue weighted by Gasteiger charge is 2.09. The van der Waals surface area contributed by atoms with E-state index in [1.54, 1.807) is 11.3 Å². The van der Waals surface area contributed by atoms with Gasteiger partial charge < -0.3 is 15.7 Å². The third kappa shape index (κ3) is 6.94. The summed E-state index contributed by atoms with van der Waals surface area (Å²) >= 11 is 5.00. The van der Waals surface area contributed by atoms with Crippen LogP contribution in [-0.4, -0.2) is 24.3 Å². The number of hydrogen-bond donors (Lipinski definition) is 3. The Labute approximate surface area is 126 Å². The number of urea groups is 1. The third-order valence-corrected chi connectivity index (χ3v) is 4.46. The van der Waals surface area contributed by atoms with E-state index in [9.17, 15) is 4.79 Å². The SMILES string of the molecule is CCCC(CCO)CNC(=O)NCc1ccc(Br)s1. The summed E-state index contributed by atoms with van der Waals surface area (Å²) < 4.78 is 1.07. The van der Waals surface area contributed by atoms with Gasteiger partial charge in [0.1, 0.15) is 0 Å². The van der Waals surface area contributed by atoms with Crippen LogP contribution in [0.25, 0.3) is 0 Å². The minimum absolute atomic E-state index is 0.149. The molecule has 0 saturated heterocycles. The molecule has 0 fully saturated rings. The number of carbonyl (C=O) groups excluding carboxylic acids is 1. The van der Waals surface area contributed by atoms with E-state index in [1.807, 2.05) is 12.1 Å². The van der Waals surface area contributed by atoms with E-state index in [-0.39, 0.29) is 12.6 Å². The summed E-state index contributed by atoms with van der Waals surface area (Å²) in [6.45, 7) is 3.45. The molecule has 0 aliphatic carbocycles. The van der Waals surface area contributed by atoms with Crippen LogP contribution in [0.1, 0.15) is 31.1 Å². The van der Waals surface area contributed by atoms with Crippen LogP contribution in [0.5, 0.6) is 0 Å². The molecule has 3 N–H and O–H groups in total. The van der Waals surface area contributed by atoms with E-state index < -0.39 is 0 Å². The van der Waals surface area contributed by atoms with E-state index in [1.165, 1.54) is 0 Å². The molecule has 1 heterocycles. The van der Waals surface area contributed by atoms with Gasteiger partial charge in [-0.05, 0) is 46.8 Å². The lowest BCUT2D eigenvalue weighted by Gasteiger charge is -2.15. The first-order valence-corrected chi connectivity index (χ1v) is 8.13. The van der Waals surface area contributed by atoms with Crippen molar-refractivity contribution in [1.82, 2.24) is 10.6 Å². The molecule has 0 radical (unpaired) electrons. The van der Waals surface area contributed by atoms with Gasteiger partial charge in [-0.2, -0.15) is 0 Å². The summed E-state index contributed by atoms with van der Waals surface area (Å²) in [6.07, 6.45) is 2.84. The number of hydrogen-bond acceptors (Lipinski definition) is 3. The molecule has 6 heteroatoms. The number of nitrogens with one attached hydrogen (secondary N) is 2. The molecule has 0 saturated carbocycles. The quantitative estimate of drug-likeness (QED) is 0.675. The van der Waals surface area contributed by atoms with Crippen molar-refractivity contribution in [2.24, 2.45) is 5.92 Å². The fourth-order valence-electron chi connectivity index (χ4n) is 1.85. The predicted molar refractivity (Wildman–Crippen MR) is 82.4 cm³/mol. The second kappa shape index (κ2) is 9.34. The average molecular weight is 349 g/mol. The number of halogens is 1. The number of rotatable bonds is 8. The Kier molecular flexibility index (Phi) is 8.09. The second-order valence-electron chi connectivity index (χ2n) is 4.44. The number of amides is 2. The zero-order valence-electron chi connectivity index (χ0n) is 11.1. The van der Waals surface area contributed by atoms with Crippen LogP contribution in [-0.2, 0) is 6.54 Å². The Morgan fingerprint density at radius 2 is 2.21 bits per heavy atom. The molecule has 1 aromatic heterocycles. The van der Waals surface area contributed by atoms with Gasteiger partial charge in [0, 0.05) is 18.0 Å². The summed E-state index contributed by atoms with van der Waals surface area (Å²) in [5.41, 5.74) is 0. The number of thiophene rings is 1. The molecule has 0 bridgehead atoms. The third-order valence-electron chi connectivity index (χ3n) is 2.84. The summed E-state index contributed by atoms with van der Waals surface area (Å²) in [5.74, 6) is 0.358. The van der Waals surface area contributed by atoms with Crippen molar-refractivity contribution in [3.8, 4) is 0 Å². The monoisotopic (exact) mass is 348 g/mol. The number of aliphatic hydroxyl groups excluding tert-OH is 1. The molecular formula is C13H21BrN2O2S. The van der Waals surface area contributed by atoms with Crippen molar-refractivity contribution in [2.45, 2.75) is 32.7 Å². The van der Waals surface area contributed by atoms with E-state index in [2.05, 4.69) is 33.5 Å². The molecule has 0 aromatic carbocycles. The predicted octanol–water partition coefficient (Wildman–Crippen LogP) is 3.11. The smallest absolute Gasteiger partial charge is 0.315 e. The van der Waals surface area contributed by atoms with Crippen LogP contribution in [0.4, 0.5) is 4.79 Å². The number of aliphatic hydroxyl groups is 1. The van der Waals surface area contributed by atoms with Gasteiger partial charge in [-0.15, -0.1) is 11.3 Å². The first-order chi connectivity index (χ1) is 9.15. The van der Waals surface area contributed by atoms with Crippen molar-refractivity contribution < 1.29 is 9.90 Å². The van der Waals surface area contributed by atoms with Crippen LogP contribution in [0, 0.1) is 5.92 Å². The molecule has 1 aromatic rings. The zero-order valence-corrected chi connectivity index (χ0v) is 13.5. The Bertz CT molecular complexity index is 378. The second-order valence-corrected chi connectivity index (χ2v) is 6.98. The Morgan fingerprint density at radius 3 is 2.79 bits per heavy atom. The van der Waals surface area contributed by atoms with Crippen LogP contribution in [0.2, 0.25) is 0 Å². The van der Waals surface area contributed by atoms with Crippen molar-refractivity contribution in [2.75, 3.05) is 13.2 Å². The molecule has 0 aliphatic heterocycles. The van der Waals surface area contributed by atoms with E-state index >= 15 is 0 Å². The maximum atomic E-state index is 11.6. The fraction of sp³-hybridized carbons (Fsp3) is 0.615.